The Morgan fingerprint density at radius 1 is 1.15 bits per heavy atom. The summed E-state index contributed by atoms with van der Waals surface area (Å²) >= 11 is 5.30. The number of nitrogens with one attached hydrogen (secondary N) is 2. The first kappa shape index (κ1) is 25.0. The van der Waals surface area contributed by atoms with E-state index in [4.69, 9.17) is 26.4 Å². The molecule has 0 bridgehead atoms. The van der Waals surface area contributed by atoms with Gasteiger partial charge in [0.2, 0.25) is 0 Å². The first-order valence-electron chi connectivity index (χ1n) is 11.0. The Labute approximate surface area is 204 Å². The largest absolute Gasteiger partial charge is 0.495 e. The highest BCUT2D eigenvalue weighted by Gasteiger charge is 2.30. The van der Waals surface area contributed by atoms with E-state index in [0.29, 0.717) is 52.8 Å². The maximum Gasteiger partial charge on any atom is 0.276 e. The monoisotopic (exact) mass is 483 g/mol. The number of carbonyl (C=O) groups is 2. The molecule has 2 amide bonds. The lowest BCUT2D eigenvalue weighted by atomic mass is 10.1. The van der Waals surface area contributed by atoms with Gasteiger partial charge >= 0.3 is 0 Å². The normalized spacial score (nSPS) is 14.4. The van der Waals surface area contributed by atoms with Gasteiger partial charge in [-0.2, -0.15) is 0 Å². The van der Waals surface area contributed by atoms with Crippen molar-refractivity contribution in [1.82, 2.24) is 10.2 Å². The zero-order chi connectivity index (χ0) is 24.7. The molecule has 0 aliphatic carbocycles. The maximum absolute atomic E-state index is 12.7. The molecule has 1 saturated heterocycles. The number of thiocarbonyl (C=S) groups is 1. The summed E-state index contributed by atoms with van der Waals surface area (Å²) in [6, 6.07) is 12.4. The van der Waals surface area contributed by atoms with Crippen molar-refractivity contribution in [2.75, 3.05) is 32.2 Å². The molecule has 0 aromatic heterocycles. The van der Waals surface area contributed by atoms with Gasteiger partial charge in [0.1, 0.15) is 11.4 Å². The van der Waals surface area contributed by atoms with Crippen LogP contribution in [0.1, 0.15) is 26.3 Å². The molecule has 2 aromatic carbocycles. The molecule has 0 atom stereocenters. The van der Waals surface area contributed by atoms with Crippen molar-refractivity contribution in [1.29, 1.82) is 0 Å². The first-order chi connectivity index (χ1) is 16.3. The van der Waals surface area contributed by atoms with E-state index < -0.39 is 0 Å². The SMILES string of the molecule is CCOc1cc(/C=C2/NC(=S)N(CC(C)C)C2=O)ccc1OCC(=O)Nc1ccccc1OC. The third kappa shape index (κ3) is 6.26. The molecule has 1 heterocycles. The predicted molar refractivity (Wildman–Crippen MR) is 135 cm³/mol. The number of hydrogen-bond acceptors (Lipinski definition) is 6. The highest BCUT2D eigenvalue weighted by atomic mass is 32.1. The van der Waals surface area contributed by atoms with Gasteiger partial charge in [-0.1, -0.05) is 32.0 Å². The van der Waals surface area contributed by atoms with Crippen molar-refractivity contribution in [3.8, 4) is 17.2 Å². The lowest BCUT2D eigenvalue weighted by Crippen LogP contribution is -2.33. The lowest BCUT2D eigenvalue weighted by Gasteiger charge is -2.16. The molecule has 1 aliphatic heterocycles. The standard InChI is InChI=1S/C25H29N3O5S/c1-5-32-22-13-17(12-19-24(30)28(14-16(2)3)25(34)27-19)10-11-21(22)33-15-23(29)26-18-8-6-7-9-20(18)31-4/h6-13,16H,5,14-15H2,1-4H3,(H,26,29)(H,27,34)/b19-12+. The number of hydrogen-bond donors (Lipinski definition) is 2. The second kappa shape index (κ2) is 11.5. The van der Waals surface area contributed by atoms with Crippen LogP contribution in [0.15, 0.2) is 48.2 Å². The van der Waals surface area contributed by atoms with E-state index in [2.05, 4.69) is 10.6 Å². The maximum atomic E-state index is 12.7. The number of amides is 2. The molecule has 9 heteroatoms. The number of ether oxygens (including phenoxy) is 3. The van der Waals surface area contributed by atoms with Gasteiger partial charge in [0.05, 0.1) is 19.4 Å². The van der Waals surface area contributed by atoms with Crippen molar-refractivity contribution < 1.29 is 23.8 Å². The Morgan fingerprint density at radius 3 is 2.62 bits per heavy atom. The second-order valence-corrected chi connectivity index (χ2v) is 8.36. The van der Waals surface area contributed by atoms with Crippen LogP contribution in [0, 0.1) is 5.92 Å². The van der Waals surface area contributed by atoms with Crippen molar-refractivity contribution in [3.63, 3.8) is 0 Å². The van der Waals surface area contributed by atoms with E-state index in [1.165, 1.54) is 7.11 Å². The predicted octanol–water partition coefficient (Wildman–Crippen LogP) is 3.83. The van der Waals surface area contributed by atoms with E-state index in [-0.39, 0.29) is 18.4 Å². The number of methoxy groups -OCH3 is 1. The summed E-state index contributed by atoms with van der Waals surface area (Å²) in [5, 5.41) is 6.15. The van der Waals surface area contributed by atoms with Gasteiger partial charge < -0.3 is 24.8 Å². The summed E-state index contributed by atoms with van der Waals surface area (Å²) in [7, 11) is 1.54. The van der Waals surface area contributed by atoms with E-state index in [9.17, 15) is 9.59 Å². The Hall–Kier alpha value is -3.59. The molecule has 2 N–H and O–H groups in total. The van der Waals surface area contributed by atoms with Crippen LogP contribution in [0.4, 0.5) is 5.69 Å². The minimum Gasteiger partial charge on any atom is -0.495 e. The van der Waals surface area contributed by atoms with E-state index >= 15 is 0 Å². The third-order valence-corrected chi connectivity index (χ3v) is 5.15. The zero-order valence-electron chi connectivity index (χ0n) is 19.7. The van der Waals surface area contributed by atoms with Crippen molar-refractivity contribution >= 4 is 40.9 Å². The van der Waals surface area contributed by atoms with Crippen LogP contribution in [0.3, 0.4) is 0 Å². The Morgan fingerprint density at radius 2 is 1.91 bits per heavy atom. The van der Waals surface area contributed by atoms with Crippen LogP contribution in [0.5, 0.6) is 17.2 Å². The zero-order valence-corrected chi connectivity index (χ0v) is 20.5. The number of anilines is 1. The molecule has 0 radical (unpaired) electrons. The number of carbonyl (C=O) groups excluding carboxylic acids is 2. The van der Waals surface area contributed by atoms with Crippen LogP contribution in [-0.2, 0) is 9.59 Å². The van der Waals surface area contributed by atoms with Crippen molar-refractivity contribution in [2.24, 2.45) is 5.92 Å². The Kier molecular flexibility index (Phi) is 8.48. The summed E-state index contributed by atoms with van der Waals surface area (Å²) in [5.74, 6) is 1.24. The summed E-state index contributed by atoms with van der Waals surface area (Å²) in [5.41, 5.74) is 1.70. The van der Waals surface area contributed by atoms with Crippen molar-refractivity contribution in [2.45, 2.75) is 20.8 Å². The molecular weight excluding hydrogens is 454 g/mol. The highest BCUT2D eigenvalue weighted by molar-refractivity contribution is 7.80. The van der Waals surface area contributed by atoms with Gasteiger partial charge in [-0.05, 0) is 61.0 Å². The van der Waals surface area contributed by atoms with E-state index in [0.717, 1.165) is 5.56 Å². The first-order valence-corrected chi connectivity index (χ1v) is 11.4. The number of rotatable bonds is 10. The fourth-order valence-electron chi connectivity index (χ4n) is 3.35. The second-order valence-electron chi connectivity index (χ2n) is 7.97. The number of benzene rings is 2. The van der Waals surface area contributed by atoms with Gasteiger partial charge in [-0.25, -0.2) is 0 Å². The minimum atomic E-state index is -0.336. The number of para-hydroxylation sites is 2. The molecular formula is C25H29N3O5S. The van der Waals surface area contributed by atoms with Crippen LogP contribution in [0.2, 0.25) is 0 Å². The molecule has 180 valence electrons. The van der Waals surface area contributed by atoms with Crippen LogP contribution < -0.4 is 24.8 Å². The molecule has 3 rings (SSSR count). The third-order valence-electron chi connectivity index (χ3n) is 4.83. The summed E-state index contributed by atoms with van der Waals surface area (Å²) in [6.45, 7) is 6.66. The molecule has 1 aliphatic rings. The van der Waals surface area contributed by atoms with Gasteiger partial charge in [0.15, 0.2) is 23.2 Å². The van der Waals surface area contributed by atoms with Gasteiger partial charge in [-0.15, -0.1) is 0 Å². The lowest BCUT2D eigenvalue weighted by molar-refractivity contribution is -0.122. The molecule has 8 nitrogen and oxygen atoms in total. The van der Waals surface area contributed by atoms with Crippen LogP contribution in [-0.4, -0.2) is 48.7 Å². The summed E-state index contributed by atoms with van der Waals surface area (Å²) < 4.78 is 16.7. The molecule has 34 heavy (non-hydrogen) atoms. The minimum absolute atomic E-state index is 0.162. The summed E-state index contributed by atoms with van der Waals surface area (Å²) in [6.07, 6.45) is 1.72. The highest BCUT2D eigenvalue weighted by Crippen LogP contribution is 2.30. The molecule has 0 saturated carbocycles. The van der Waals surface area contributed by atoms with Gasteiger partial charge in [0.25, 0.3) is 11.8 Å². The molecule has 1 fully saturated rings. The Balaban J connectivity index is 1.71. The number of nitrogens with zero attached hydrogens (tertiary/aromatic N) is 1. The van der Waals surface area contributed by atoms with Crippen LogP contribution >= 0.6 is 12.2 Å². The van der Waals surface area contributed by atoms with Crippen molar-refractivity contribution in [3.05, 3.63) is 53.7 Å². The van der Waals surface area contributed by atoms with E-state index in [1.54, 1.807) is 47.4 Å². The fourth-order valence-corrected chi connectivity index (χ4v) is 3.62. The topological polar surface area (TPSA) is 89.1 Å². The van der Waals surface area contributed by atoms with Gasteiger partial charge in [0, 0.05) is 6.54 Å². The summed E-state index contributed by atoms with van der Waals surface area (Å²) in [4.78, 5) is 26.7. The molecule has 2 aromatic rings. The fraction of sp³-hybridized carbons (Fsp3) is 0.320. The average molecular weight is 484 g/mol. The molecule has 0 unspecified atom stereocenters. The molecule has 0 spiro atoms. The van der Waals surface area contributed by atoms with E-state index in [1.807, 2.05) is 26.8 Å². The smallest absolute Gasteiger partial charge is 0.276 e. The van der Waals surface area contributed by atoms with Crippen LogP contribution in [0.25, 0.3) is 6.08 Å². The Bertz CT molecular complexity index is 1100. The average Bonchev–Trinajstić information content (AvgIpc) is 3.06. The van der Waals surface area contributed by atoms with Gasteiger partial charge in [-0.3, -0.25) is 14.5 Å². The quantitative estimate of drug-likeness (QED) is 0.392.